The lowest BCUT2D eigenvalue weighted by Gasteiger charge is -2.09. The Morgan fingerprint density at radius 1 is 1.00 bits per heavy atom. The van der Waals surface area contributed by atoms with Gasteiger partial charge in [0, 0.05) is 0 Å². The van der Waals surface area contributed by atoms with Crippen molar-refractivity contribution in [3.63, 3.8) is 0 Å². The molecule has 132 valence electrons. The van der Waals surface area contributed by atoms with Gasteiger partial charge in [0.25, 0.3) is 0 Å². The van der Waals surface area contributed by atoms with Crippen LogP contribution in [0.4, 0.5) is 0 Å². The zero-order valence-electron chi connectivity index (χ0n) is 15.9. The van der Waals surface area contributed by atoms with Crippen LogP contribution in [-0.2, 0) is 24.1 Å². The van der Waals surface area contributed by atoms with E-state index in [0.717, 1.165) is 35.2 Å². The Bertz CT molecular complexity index is 768. The van der Waals surface area contributed by atoms with E-state index in [-0.39, 0.29) is 5.91 Å². The monoisotopic (exact) mass is 336 g/mol. The summed E-state index contributed by atoms with van der Waals surface area (Å²) >= 11 is 0. The van der Waals surface area contributed by atoms with E-state index >= 15 is 0 Å². The molecule has 0 saturated carbocycles. The fourth-order valence-electron chi connectivity index (χ4n) is 2.85. The summed E-state index contributed by atoms with van der Waals surface area (Å²) in [6.07, 6.45) is 2.33. The van der Waals surface area contributed by atoms with E-state index in [9.17, 15) is 4.79 Å². The maximum absolute atomic E-state index is 12.2. The molecule has 0 aliphatic carbocycles. The van der Waals surface area contributed by atoms with Gasteiger partial charge < -0.3 is 0 Å². The van der Waals surface area contributed by atoms with Crippen molar-refractivity contribution in [3.05, 3.63) is 69.8 Å². The number of hydrogen-bond donors (Lipinski definition) is 1. The SMILES string of the molecule is CCc1cc(CC)cc(/C(C)=N/NC(=O)Cc2ccc(C)cc2C)c1. The van der Waals surface area contributed by atoms with Gasteiger partial charge in [-0.25, -0.2) is 5.43 Å². The molecule has 2 rings (SSSR count). The molecule has 0 bridgehead atoms. The van der Waals surface area contributed by atoms with Crippen molar-refractivity contribution >= 4 is 11.6 Å². The molecule has 25 heavy (non-hydrogen) atoms. The standard InChI is InChI=1S/C22H28N2O/c1-6-18-11-19(7-2)13-21(12-18)17(5)23-24-22(25)14-20-9-8-15(3)10-16(20)4/h8-13H,6-7,14H2,1-5H3,(H,24,25)/b23-17+. The van der Waals surface area contributed by atoms with Crippen LogP contribution in [-0.4, -0.2) is 11.6 Å². The third-order valence-electron chi connectivity index (χ3n) is 4.48. The number of nitrogens with one attached hydrogen (secondary N) is 1. The first-order valence-corrected chi connectivity index (χ1v) is 8.95. The van der Waals surface area contributed by atoms with Gasteiger partial charge >= 0.3 is 0 Å². The minimum Gasteiger partial charge on any atom is -0.273 e. The molecule has 0 aromatic heterocycles. The molecular weight excluding hydrogens is 308 g/mol. The van der Waals surface area contributed by atoms with Crippen molar-refractivity contribution in [1.82, 2.24) is 5.43 Å². The summed E-state index contributed by atoms with van der Waals surface area (Å²) in [6.45, 7) is 10.3. The van der Waals surface area contributed by atoms with Gasteiger partial charge in [-0.05, 0) is 73.6 Å². The van der Waals surface area contributed by atoms with E-state index in [2.05, 4.69) is 55.6 Å². The average Bonchev–Trinajstić information content (AvgIpc) is 2.61. The Labute approximate surface area is 151 Å². The van der Waals surface area contributed by atoms with Crippen LogP contribution in [0.3, 0.4) is 0 Å². The highest BCUT2D eigenvalue weighted by molar-refractivity contribution is 5.99. The van der Waals surface area contributed by atoms with Gasteiger partial charge in [0.2, 0.25) is 5.91 Å². The van der Waals surface area contributed by atoms with E-state index in [4.69, 9.17) is 0 Å². The Hall–Kier alpha value is -2.42. The number of hydrogen-bond acceptors (Lipinski definition) is 2. The molecule has 3 heteroatoms. The molecule has 0 fully saturated rings. The normalized spacial score (nSPS) is 11.5. The smallest absolute Gasteiger partial charge is 0.244 e. The van der Waals surface area contributed by atoms with Crippen molar-refractivity contribution in [1.29, 1.82) is 0 Å². The highest BCUT2D eigenvalue weighted by Gasteiger charge is 2.07. The Balaban J connectivity index is 2.08. The summed E-state index contributed by atoms with van der Waals surface area (Å²) in [5, 5.41) is 4.31. The second kappa shape index (κ2) is 8.61. The van der Waals surface area contributed by atoms with Crippen molar-refractivity contribution in [2.75, 3.05) is 0 Å². The lowest BCUT2D eigenvalue weighted by atomic mass is 10.0. The van der Waals surface area contributed by atoms with Gasteiger partial charge in [-0.15, -0.1) is 0 Å². The highest BCUT2D eigenvalue weighted by atomic mass is 16.2. The quantitative estimate of drug-likeness (QED) is 0.612. The van der Waals surface area contributed by atoms with Gasteiger partial charge in [0.05, 0.1) is 12.1 Å². The third kappa shape index (κ3) is 5.28. The number of carbonyl (C=O) groups excluding carboxylic acids is 1. The van der Waals surface area contributed by atoms with Crippen LogP contribution in [0.2, 0.25) is 0 Å². The van der Waals surface area contributed by atoms with E-state index in [1.807, 2.05) is 26.0 Å². The molecule has 0 radical (unpaired) electrons. The maximum Gasteiger partial charge on any atom is 0.244 e. The number of nitrogens with zero attached hydrogens (tertiary/aromatic N) is 1. The van der Waals surface area contributed by atoms with Gasteiger partial charge in [-0.2, -0.15) is 5.10 Å². The second-order valence-electron chi connectivity index (χ2n) is 6.58. The number of carbonyl (C=O) groups is 1. The van der Waals surface area contributed by atoms with Gasteiger partial charge in [-0.3, -0.25) is 4.79 Å². The minimum atomic E-state index is -0.0892. The Kier molecular flexibility index (Phi) is 6.51. The fourth-order valence-corrected chi connectivity index (χ4v) is 2.85. The first kappa shape index (κ1) is 18.9. The van der Waals surface area contributed by atoms with Crippen LogP contribution in [0.1, 0.15) is 54.2 Å². The third-order valence-corrected chi connectivity index (χ3v) is 4.48. The van der Waals surface area contributed by atoms with E-state index < -0.39 is 0 Å². The molecule has 1 N–H and O–H groups in total. The molecule has 3 nitrogen and oxygen atoms in total. The summed E-state index contributed by atoms with van der Waals surface area (Å²) in [5.74, 6) is -0.0892. The summed E-state index contributed by atoms with van der Waals surface area (Å²) < 4.78 is 0. The number of rotatable bonds is 6. The lowest BCUT2D eigenvalue weighted by Crippen LogP contribution is -2.21. The average molecular weight is 336 g/mol. The van der Waals surface area contributed by atoms with Crippen molar-refractivity contribution < 1.29 is 4.79 Å². The molecule has 0 spiro atoms. The van der Waals surface area contributed by atoms with E-state index in [1.165, 1.54) is 16.7 Å². The summed E-state index contributed by atoms with van der Waals surface area (Å²) in [5.41, 5.74) is 10.6. The van der Waals surface area contributed by atoms with Crippen LogP contribution >= 0.6 is 0 Å². The molecule has 0 saturated heterocycles. The molecule has 0 atom stereocenters. The maximum atomic E-state index is 12.2. The number of hydrazone groups is 1. The summed E-state index contributed by atoms with van der Waals surface area (Å²) in [4.78, 5) is 12.2. The molecule has 2 aromatic rings. The van der Waals surface area contributed by atoms with Crippen molar-refractivity contribution in [2.24, 2.45) is 5.10 Å². The molecule has 1 amide bonds. The van der Waals surface area contributed by atoms with Crippen LogP contribution in [0, 0.1) is 13.8 Å². The Morgan fingerprint density at radius 3 is 2.20 bits per heavy atom. The molecule has 0 aliphatic rings. The highest BCUT2D eigenvalue weighted by Crippen LogP contribution is 2.13. The first-order chi connectivity index (χ1) is 11.9. The zero-order chi connectivity index (χ0) is 18.4. The van der Waals surface area contributed by atoms with Gasteiger partial charge in [-0.1, -0.05) is 43.7 Å². The van der Waals surface area contributed by atoms with E-state index in [0.29, 0.717) is 6.42 Å². The molecule has 0 aliphatic heterocycles. The fraction of sp³-hybridized carbons (Fsp3) is 0.364. The Morgan fingerprint density at radius 2 is 1.64 bits per heavy atom. The minimum absolute atomic E-state index is 0.0892. The first-order valence-electron chi connectivity index (χ1n) is 8.95. The number of aryl methyl sites for hydroxylation is 4. The number of benzene rings is 2. The summed E-state index contributed by atoms with van der Waals surface area (Å²) in [7, 11) is 0. The molecule has 0 heterocycles. The van der Waals surface area contributed by atoms with E-state index in [1.54, 1.807) is 0 Å². The van der Waals surface area contributed by atoms with Crippen LogP contribution in [0.25, 0.3) is 0 Å². The van der Waals surface area contributed by atoms with Crippen molar-refractivity contribution in [3.8, 4) is 0 Å². The van der Waals surface area contributed by atoms with Gasteiger partial charge in [0.1, 0.15) is 0 Å². The molecular formula is C22H28N2O. The predicted molar refractivity (Wildman–Crippen MR) is 105 cm³/mol. The lowest BCUT2D eigenvalue weighted by molar-refractivity contribution is -0.120. The summed E-state index contributed by atoms with van der Waals surface area (Å²) in [6, 6.07) is 12.7. The van der Waals surface area contributed by atoms with Gasteiger partial charge in [0.15, 0.2) is 0 Å². The van der Waals surface area contributed by atoms with Crippen LogP contribution in [0.15, 0.2) is 41.5 Å². The molecule has 0 unspecified atom stereocenters. The predicted octanol–water partition coefficient (Wildman–Crippen LogP) is 4.51. The largest absolute Gasteiger partial charge is 0.273 e. The van der Waals surface area contributed by atoms with Crippen LogP contribution in [0.5, 0.6) is 0 Å². The van der Waals surface area contributed by atoms with Crippen molar-refractivity contribution in [2.45, 2.75) is 53.9 Å². The number of amides is 1. The molecule has 2 aromatic carbocycles. The zero-order valence-corrected chi connectivity index (χ0v) is 15.9. The topological polar surface area (TPSA) is 41.5 Å². The second-order valence-corrected chi connectivity index (χ2v) is 6.58. The van der Waals surface area contributed by atoms with Crippen LogP contribution < -0.4 is 5.43 Å².